The average Bonchev–Trinajstić information content (AvgIpc) is 3.49. The van der Waals surface area contributed by atoms with Crippen LogP contribution in [0.2, 0.25) is 0 Å². The van der Waals surface area contributed by atoms with Crippen molar-refractivity contribution in [2.75, 3.05) is 49.6 Å². The molecule has 2 aromatic heterocycles. The van der Waals surface area contributed by atoms with E-state index in [0.717, 1.165) is 70.2 Å². The standard InChI is InChI=1S/C22H32FN7O/c1-14(2)10-16-11-17(28-27-16)24-20-18(23)21(26-19(25-20)15-4-5-15)29-6-8-30(9-7-29)22(3)12-31-13-22/h11,14-15H,4-10,12-13H2,1-3H3,(H2,24,25,26,27,28). The Hall–Kier alpha value is -2.26. The molecule has 0 atom stereocenters. The van der Waals surface area contributed by atoms with Crippen LogP contribution < -0.4 is 10.2 Å². The smallest absolute Gasteiger partial charge is 0.208 e. The lowest BCUT2D eigenvalue weighted by Crippen LogP contribution is -2.64. The van der Waals surface area contributed by atoms with E-state index in [4.69, 9.17) is 4.74 Å². The van der Waals surface area contributed by atoms with E-state index in [1.165, 1.54) is 0 Å². The van der Waals surface area contributed by atoms with Gasteiger partial charge >= 0.3 is 0 Å². The van der Waals surface area contributed by atoms with Gasteiger partial charge in [0, 0.05) is 43.9 Å². The van der Waals surface area contributed by atoms with Gasteiger partial charge in [-0.15, -0.1) is 0 Å². The van der Waals surface area contributed by atoms with Crippen LogP contribution in [0.3, 0.4) is 0 Å². The van der Waals surface area contributed by atoms with Crippen LogP contribution in [0.25, 0.3) is 0 Å². The van der Waals surface area contributed by atoms with Gasteiger partial charge in [-0.25, -0.2) is 9.97 Å². The van der Waals surface area contributed by atoms with E-state index in [2.05, 4.69) is 56.1 Å². The first-order valence-electron chi connectivity index (χ1n) is 11.4. The van der Waals surface area contributed by atoms with Crippen LogP contribution in [0, 0.1) is 11.7 Å². The molecule has 2 aromatic rings. The minimum Gasteiger partial charge on any atom is -0.377 e. The van der Waals surface area contributed by atoms with Gasteiger partial charge in [-0.2, -0.15) is 9.49 Å². The molecule has 0 spiro atoms. The van der Waals surface area contributed by atoms with Crippen LogP contribution in [0.4, 0.5) is 21.8 Å². The fourth-order valence-electron chi connectivity index (χ4n) is 4.40. The zero-order valence-corrected chi connectivity index (χ0v) is 18.6. The summed E-state index contributed by atoms with van der Waals surface area (Å²) >= 11 is 0. The Bertz CT molecular complexity index is 930. The number of aromatic amines is 1. The molecule has 3 aliphatic rings. The predicted molar refractivity (Wildman–Crippen MR) is 117 cm³/mol. The van der Waals surface area contributed by atoms with Crippen LogP contribution in [0.5, 0.6) is 0 Å². The number of ether oxygens (including phenoxy) is 1. The summed E-state index contributed by atoms with van der Waals surface area (Å²) in [6.07, 6.45) is 3.03. The van der Waals surface area contributed by atoms with E-state index in [1.54, 1.807) is 0 Å². The summed E-state index contributed by atoms with van der Waals surface area (Å²) in [5.74, 6) is 2.41. The van der Waals surface area contributed by atoms with Gasteiger partial charge in [0.2, 0.25) is 5.82 Å². The highest BCUT2D eigenvalue weighted by Gasteiger charge is 2.41. The molecule has 2 N–H and O–H groups in total. The highest BCUT2D eigenvalue weighted by atomic mass is 19.1. The summed E-state index contributed by atoms with van der Waals surface area (Å²) in [5.41, 5.74) is 1.15. The number of aromatic nitrogens is 4. The molecule has 0 unspecified atom stereocenters. The monoisotopic (exact) mass is 429 g/mol. The Morgan fingerprint density at radius 2 is 1.97 bits per heavy atom. The van der Waals surface area contributed by atoms with Crippen LogP contribution in [0.15, 0.2) is 6.07 Å². The lowest BCUT2D eigenvalue weighted by molar-refractivity contribution is -0.131. The van der Waals surface area contributed by atoms with Crippen LogP contribution in [-0.2, 0) is 11.2 Å². The number of anilines is 3. The molecule has 3 fully saturated rings. The molecule has 0 aromatic carbocycles. The number of rotatable bonds is 7. The SMILES string of the molecule is CC(C)Cc1cc(Nc2nc(C3CC3)nc(N3CCN(C4(C)COC4)CC3)c2F)n[nH]1. The van der Waals surface area contributed by atoms with Gasteiger partial charge in [0.15, 0.2) is 17.5 Å². The van der Waals surface area contributed by atoms with Crippen LogP contribution >= 0.6 is 0 Å². The average molecular weight is 430 g/mol. The Morgan fingerprint density at radius 1 is 1.23 bits per heavy atom. The van der Waals surface area contributed by atoms with Gasteiger partial charge < -0.3 is 15.0 Å². The van der Waals surface area contributed by atoms with Crippen molar-refractivity contribution in [2.24, 2.45) is 5.92 Å². The minimum atomic E-state index is -0.399. The topological polar surface area (TPSA) is 82.2 Å². The number of nitrogens with zero attached hydrogens (tertiary/aromatic N) is 5. The van der Waals surface area contributed by atoms with E-state index in [-0.39, 0.29) is 11.4 Å². The molecule has 8 nitrogen and oxygen atoms in total. The molecular formula is C22H32FN7O. The van der Waals surface area contributed by atoms with Crippen molar-refractivity contribution in [3.63, 3.8) is 0 Å². The van der Waals surface area contributed by atoms with E-state index in [9.17, 15) is 0 Å². The lowest BCUT2D eigenvalue weighted by Gasteiger charge is -2.50. The second-order valence-corrected chi connectivity index (χ2v) is 9.81. The van der Waals surface area contributed by atoms with Crippen molar-refractivity contribution >= 4 is 17.5 Å². The Balaban J connectivity index is 1.35. The maximum Gasteiger partial charge on any atom is 0.208 e. The molecule has 0 bridgehead atoms. The molecule has 168 valence electrons. The molecule has 0 amide bonds. The van der Waals surface area contributed by atoms with Crippen molar-refractivity contribution in [1.82, 2.24) is 25.1 Å². The Morgan fingerprint density at radius 3 is 2.58 bits per heavy atom. The van der Waals surface area contributed by atoms with E-state index >= 15 is 4.39 Å². The number of hydrogen-bond acceptors (Lipinski definition) is 7. The molecule has 1 saturated carbocycles. The van der Waals surface area contributed by atoms with Crippen molar-refractivity contribution in [3.05, 3.63) is 23.4 Å². The molecule has 2 saturated heterocycles. The third-order valence-corrected chi connectivity index (χ3v) is 6.47. The van der Waals surface area contributed by atoms with Crippen molar-refractivity contribution < 1.29 is 9.13 Å². The number of H-pyrrole nitrogens is 1. The Kier molecular flexibility index (Phi) is 5.34. The highest BCUT2D eigenvalue weighted by Crippen LogP contribution is 2.40. The Labute approximate surface area is 182 Å². The number of halogens is 1. The molecule has 5 rings (SSSR count). The first-order chi connectivity index (χ1) is 14.9. The van der Waals surface area contributed by atoms with E-state index in [0.29, 0.717) is 23.5 Å². The zero-order valence-electron chi connectivity index (χ0n) is 18.6. The van der Waals surface area contributed by atoms with Crippen molar-refractivity contribution in [3.8, 4) is 0 Å². The maximum absolute atomic E-state index is 15.5. The summed E-state index contributed by atoms with van der Waals surface area (Å²) in [6.45, 7) is 11.3. The summed E-state index contributed by atoms with van der Waals surface area (Å²) in [7, 11) is 0. The van der Waals surface area contributed by atoms with Crippen LogP contribution in [-0.4, -0.2) is 70.0 Å². The van der Waals surface area contributed by atoms with Crippen molar-refractivity contribution in [1.29, 1.82) is 0 Å². The third kappa shape index (κ3) is 4.25. The second-order valence-electron chi connectivity index (χ2n) is 9.81. The maximum atomic E-state index is 15.5. The van der Waals surface area contributed by atoms with Gasteiger partial charge in [0.25, 0.3) is 0 Å². The normalized spacial score (nSPS) is 21.4. The molecule has 2 aliphatic heterocycles. The summed E-state index contributed by atoms with van der Waals surface area (Å²) < 4.78 is 20.9. The number of piperazine rings is 1. The summed E-state index contributed by atoms with van der Waals surface area (Å²) in [4.78, 5) is 13.7. The van der Waals surface area contributed by atoms with Gasteiger partial charge in [-0.3, -0.25) is 10.00 Å². The first-order valence-corrected chi connectivity index (χ1v) is 11.4. The van der Waals surface area contributed by atoms with E-state index in [1.807, 2.05) is 6.07 Å². The highest BCUT2D eigenvalue weighted by molar-refractivity contribution is 5.59. The predicted octanol–water partition coefficient (Wildman–Crippen LogP) is 3.07. The molecule has 1 aliphatic carbocycles. The summed E-state index contributed by atoms with van der Waals surface area (Å²) in [6, 6.07) is 1.93. The van der Waals surface area contributed by atoms with Gasteiger partial charge in [-0.05, 0) is 32.1 Å². The molecule has 31 heavy (non-hydrogen) atoms. The molecule has 4 heterocycles. The third-order valence-electron chi connectivity index (χ3n) is 6.47. The van der Waals surface area contributed by atoms with Crippen molar-refractivity contribution in [2.45, 2.75) is 51.5 Å². The molecule has 0 radical (unpaired) electrons. The van der Waals surface area contributed by atoms with Gasteiger partial charge in [0.05, 0.1) is 18.8 Å². The molecular weight excluding hydrogens is 397 g/mol. The largest absolute Gasteiger partial charge is 0.377 e. The number of hydrogen-bond donors (Lipinski definition) is 2. The first kappa shape index (κ1) is 20.6. The van der Waals surface area contributed by atoms with Gasteiger partial charge in [-0.1, -0.05) is 13.8 Å². The number of nitrogens with one attached hydrogen (secondary N) is 2. The fourth-order valence-corrected chi connectivity index (χ4v) is 4.40. The van der Waals surface area contributed by atoms with Crippen LogP contribution in [0.1, 0.15) is 51.0 Å². The lowest BCUT2D eigenvalue weighted by atomic mass is 9.97. The second kappa shape index (κ2) is 8.02. The quantitative estimate of drug-likeness (QED) is 0.700. The fraction of sp³-hybridized carbons (Fsp3) is 0.682. The van der Waals surface area contributed by atoms with Gasteiger partial charge in [0.1, 0.15) is 5.82 Å². The molecule has 9 heteroatoms. The summed E-state index contributed by atoms with van der Waals surface area (Å²) in [5, 5.41) is 10.4. The minimum absolute atomic E-state index is 0.121. The zero-order chi connectivity index (χ0) is 21.6. The van der Waals surface area contributed by atoms with E-state index < -0.39 is 5.82 Å².